The molecule has 0 bridgehead atoms. The molecule has 1 aliphatic carbocycles. The minimum atomic E-state index is -0.566. The van der Waals surface area contributed by atoms with E-state index in [1.54, 1.807) is 6.07 Å². The zero-order valence-corrected chi connectivity index (χ0v) is 16.8. The number of thiocarbonyl (C=S) groups is 1. The van der Waals surface area contributed by atoms with Crippen LogP contribution in [-0.2, 0) is 24.1 Å². The lowest BCUT2D eigenvalue weighted by molar-refractivity contribution is -0.119. The Balaban J connectivity index is 1.37. The molecule has 0 saturated carbocycles. The molecule has 0 fully saturated rings. The predicted molar refractivity (Wildman–Crippen MR) is 115 cm³/mol. The van der Waals surface area contributed by atoms with Crippen LogP contribution in [0.4, 0.5) is 10.1 Å². The van der Waals surface area contributed by atoms with Gasteiger partial charge >= 0.3 is 0 Å². The molecule has 0 atom stereocenters. The van der Waals surface area contributed by atoms with E-state index in [0.29, 0.717) is 11.6 Å². The summed E-state index contributed by atoms with van der Waals surface area (Å²) in [7, 11) is 0. The average molecular weight is 422 g/mol. The fourth-order valence-electron chi connectivity index (χ4n) is 3.30. The van der Waals surface area contributed by atoms with Crippen molar-refractivity contribution < 1.29 is 13.9 Å². The highest BCUT2D eigenvalue weighted by Crippen LogP contribution is 2.32. The summed E-state index contributed by atoms with van der Waals surface area (Å²) in [6, 6.07) is 13.7. The molecular weight excluding hydrogens is 403 g/mol. The first kappa shape index (κ1) is 19.9. The number of rotatable bonds is 5. The van der Waals surface area contributed by atoms with Crippen LogP contribution in [0.2, 0.25) is 0 Å². The Morgan fingerprint density at radius 1 is 1.13 bits per heavy atom. The molecule has 1 heterocycles. The van der Waals surface area contributed by atoms with Gasteiger partial charge in [0.1, 0.15) is 6.33 Å². The molecule has 152 valence electrons. The van der Waals surface area contributed by atoms with Gasteiger partial charge in [0.2, 0.25) is 11.8 Å². The van der Waals surface area contributed by atoms with Crippen LogP contribution in [0.15, 0.2) is 54.9 Å². The molecular formula is C22H19FN4O2S. The largest absolute Gasteiger partial charge is 0.436 e. The lowest BCUT2D eigenvalue weighted by atomic mass is 10.1. The molecule has 1 aliphatic rings. The summed E-state index contributed by atoms with van der Waals surface area (Å²) in [5.41, 5.74) is 3.16. The van der Waals surface area contributed by atoms with Crippen molar-refractivity contribution in [1.29, 1.82) is 0 Å². The molecule has 0 radical (unpaired) electrons. The zero-order valence-electron chi connectivity index (χ0n) is 16.0. The predicted octanol–water partition coefficient (Wildman–Crippen LogP) is 3.95. The van der Waals surface area contributed by atoms with Gasteiger partial charge in [-0.2, -0.15) is 0 Å². The van der Waals surface area contributed by atoms with Gasteiger partial charge in [-0.05, 0) is 49.2 Å². The first-order valence-electron chi connectivity index (χ1n) is 9.53. The molecule has 8 heteroatoms. The van der Waals surface area contributed by atoms with Crippen LogP contribution in [0.3, 0.4) is 0 Å². The number of aromatic nitrogens is 2. The monoisotopic (exact) mass is 422 g/mol. The summed E-state index contributed by atoms with van der Waals surface area (Å²) in [4.78, 5) is 20.5. The second-order valence-electron chi connectivity index (χ2n) is 6.87. The van der Waals surface area contributed by atoms with Crippen LogP contribution in [0.25, 0.3) is 0 Å². The number of amides is 1. The van der Waals surface area contributed by atoms with Gasteiger partial charge < -0.3 is 15.4 Å². The highest BCUT2D eigenvalue weighted by Gasteiger charge is 2.19. The quantitative estimate of drug-likeness (QED) is 0.607. The van der Waals surface area contributed by atoms with Gasteiger partial charge in [0, 0.05) is 17.3 Å². The summed E-state index contributed by atoms with van der Waals surface area (Å²) in [5, 5.41) is 5.50. The molecule has 1 amide bonds. The maximum Gasteiger partial charge on any atom is 0.230 e. The summed E-state index contributed by atoms with van der Waals surface area (Å²) >= 11 is 5.15. The number of carbonyl (C=O) groups is 1. The summed E-state index contributed by atoms with van der Waals surface area (Å²) in [6.07, 6.45) is 4.33. The molecule has 3 aromatic rings. The van der Waals surface area contributed by atoms with Crippen molar-refractivity contribution in [2.75, 3.05) is 5.32 Å². The Morgan fingerprint density at radius 3 is 2.77 bits per heavy atom. The molecule has 6 nitrogen and oxygen atoms in total. The van der Waals surface area contributed by atoms with Gasteiger partial charge in [0.15, 0.2) is 16.7 Å². The van der Waals surface area contributed by atoms with Gasteiger partial charge in [-0.3, -0.25) is 4.79 Å². The number of benzene rings is 2. The van der Waals surface area contributed by atoms with Crippen LogP contribution in [0, 0.1) is 5.82 Å². The van der Waals surface area contributed by atoms with E-state index >= 15 is 0 Å². The number of fused-ring (bicyclic) bond motifs is 1. The molecule has 30 heavy (non-hydrogen) atoms. The van der Waals surface area contributed by atoms with E-state index in [1.165, 1.54) is 18.5 Å². The standard InChI is InChI=1S/C22H19FN4O2S/c23-17-12-15(26-22(30)27-20(28)11-14-5-2-1-3-6-14)9-10-19(17)29-21-16-7-4-8-18(16)24-13-25-21/h1-3,5-6,9-10,12-13H,4,7-8,11H2,(H2,26,27,28,30). The Bertz CT molecular complexity index is 1090. The SMILES string of the molecule is O=C(Cc1ccccc1)NC(=S)Nc1ccc(Oc2ncnc3c2CCC3)c(F)c1. The third-order valence-electron chi connectivity index (χ3n) is 4.69. The van der Waals surface area contributed by atoms with Crippen molar-refractivity contribution in [1.82, 2.24) is 15.3 Å². The number of hydrogen-bond donors (Lipinski definition) is 2. The van der Waals surface area contributed by atoms with Crippen molar-refractivity contribution in [3.05, 3.63) is 77.5 Å². The van der Waals surface area contributed by atoms with E-state index in [2.05, 4.69) is 20.6 Å². The Labute approximate surface area is 178 Å². The molecule has 0 spiro atoms. The topological polar surface area (TPSA) is 76.1 Å². The number of aryl methyl sites for hydroxylation is 1. The van der Waals surface area contributed by atoms with Crippen molar-refractivity contribution >= 4 is 28.9 Å². The number of hydrogen-bond acceptors (Lipinski definition) is 5. The number of nitrogens with one attached hydrogen (secondary N) is 2. The van der Waals surface area contributed by atoms with Gasteiger partial charge in [0.05, 0.1) is 12.1 Å². The van der Waals surface area contributed by atoms with E-state index < -0.39 is 5.82 Å². The Hall–Kier alpha value is -3.39. The fraction of sp³-hybridized carbons (Fsp3) is 0.182. The summed E-state index contributed by atoms with van der Waals surface area (Å²) in [6.45, 7) is 0. The first-order valence-corrected chi connectivity index (χ1v) is 9.94. The maximum atomic E-state index is 14.5. The lowest BCUT2D eigenvalue weighted by Gasteiger charge is -2.12. The zero-order chi connectivity index (χ0) is 20.9. The number of ether oxygens (including phenoxy) is 1. The van der Waals surface area contributed by atoms with Gasteiger partial charge in [0.25, 0.3) is 0 Å². The smallest absolute Gasteiger partial charge is 0.230 e. The van der Waals surface area contributed by atoms with Crippen molar-refractivity contribution in [3.8, 4) is 11.6 Å². The normalized spacial score (nSPS) is 12.2. The summed E-state index contributed by atoms with van der Waals surface area (Å²) < 4.78 is 20.2. The van der Waals surface area contributed by atoms with Crippen LogP contribution in [0.5, 0.6) is 11.6 Å². The van der Waals surface area contributed by atoms with E-state index in [0.717, 1.165) is 36.1 Å². The van der Waals surface area contributed by atoms with E-state index in [9.17, 15) is 9.18 Å². The highest BCUT2D eigenvalue weighted by molar-refractivity contribution is 7.80. The number of carbonyl (C=O) groups excluding carboxylic acids is 1. The third-order valence-corrected chi connectivity index (χ3v) is 4.90. The number of anilines is 1. The van der Waals surface area contributed by atoms with Crippen LogP contribution < -0.4 is 15.4 Å². The maximum absolute atomic E-state index is 14.5. The van der Waals surface area contributed by atoms with E-state index in [4.69, 9.17) is 17.0 Å². The van der Waals surface area contributed by atoms with Crippen LogP contribution in [-0.4, -0.2) is 21.0 Å². The van der Waals surface area contributed by atoms with Gasteiger partial charge in [-0.25, -0.2) is 14.4 Å². The third kappa shape index (κ3) is 4.77. The van der Waals surface area contributed by atoms with Crippen LogP contribution >= 0.6 is 12.2 Å². The molecule has 1 aromatic heterocycles. The summed E-state index contributed by atoms with van der Waals surface area (Å²) in [5.74, 6) is -0.367. The van der Waals surface area contributed by atoms with Crippen molar-refractivity contribution in [2.45, 2.75) is 25.7 Å². The highest BCUT2D eigenvalue weighted by atomic mass is 32.1. The van der Waals surface area contributed by atoms with E-state index in [1.807, 2.05) is 30.3 Å². The molecule has 0 aliphatic heterocycles. The second-order valence-corrected chi connectivity index (χ2v) is 7.28. The first-order chi connectivity index (χ1) is 14.6. The van der Waals surface area contributed by atoms with Crippen molar-refractivity contribution in [2.24, 2.45) is 0 Å². The second kappa shape index (κ2) is 8.96. The molecule has 2 N–H and O–H groups in total. The Morgan fingerprint density at radius 2 is 1.97 bits per heavy atom. The van der Waals surface area contributed by atoms with Gasteiger partial charge in [-0.1, -0.05) is 30.3 Å². The van der Waals surface area contributed by atoms with Gasteiger partial charge in [-0.15, -0.1) is 0 Å². The minimum absolute atomic E-state index is 0.0624. The Kier molecular flexibility index (Phi) is 5.94. The molecule has 4 rings (SSSR count). The average Bonchev–Trinajstić information content (AvgIpc) is 3.20. The fourth-order valence-corrected chi connectivity index (χ4v) is 3.53. The number of nitrogens with zero attached hydrogens (tertiary/aromatic N) is 2. The lowest BCUT2D eigenvalue weighted by Crippen LogP contribution is -2.35. The number of halogens is 1. The minimum Gasteiger partial charge on any atom is -0.436 e. The molecule has 2 aromatic carbocycles. The molecule has 0 unspecified atom stereocenters. The van der Waals surface area contributed by atoms with E-state index in [-0.39, 0.29) is 23.2 Å². The molecule has 0 saturated heterocycles. The van der Waals surface area contributed by atoms with Crippen LogP contribution in [0.1, 0.15) is 23.2 Å². The van der Waals surface area contributed by atoms with Crippen molar-refractivity contribution in [3.63, 3.8) is 0 Å².